The van der Waals surface area contributed by atoms with E-state index in [0.29, 0.717) is 11.6 Å². The number of benzene rings is 10. The Morgan fingerprint density at radius 1 is 0.194 bits per heavy atom. The van der Waals surface area contributed by atoms with E-state index in [-0.39, 0.29) is 0 Å². The second-order valence-electron chi connectivity index (χ2n) is 15.7. The summed E-state index contributed by atoms with van der Waals surface area (Å²) >= 11 is 0. The molecular weight excluding hydrogens is 753 g/mol. The van der Waals surface area contributed by atoms with E-state index in [1.807, 2.05) is 0 Å². The fourth-order valence-corrected chi connectivity index (χ4v) is 9.18. The van der Waals surface area contributed by atoms with Crippen molar-refractivity contribution in [3.05, 3.63) is 218 Å². The maximum Gasteiger partial charge on any atom is 0.161 e. The van der Waals surface area contributed by atoms with Crippen LogP contribution in [0.4, 0.5) is 0 Å². The summed E-state index contributed by atoms with van der Waals surface area (Å²) in [4.78, 5) is 21.5. The van der Waals surface area contributed by atoms with Crippen LogP contribution >= 0.6 is 0 Å². The molecule has 0 N–H and O–H groups in total. The molecule has 0 bridgehead atoms. The molecule has 0 radical (unpaired) electrons. The molecule has 0 aliphatic rings. The highest BCUT2D eigenvalue weighted by molar-refractivity contribution is 6.06. The van der Waals surface area contributed by atoms with Crippen LogP contribution in [-0.4, -0.2) is 19.9 Å². The molecule has 0 atom stereocenters. The van der Waals surface area contributed by atoms with Crippen molar-refractivity contribution in [2.45, 2.75) is 0 Å². The number of aromatic nitrogens is 4. The second kappa shape index (κ2) is 14.7. The second-order valence-corrected chi connectivity index (χ2v) is 15.7. The fraction of sp³-hybridized carbons (Fsp3) is 0. The van der Waals surface area contributed by atoms with Gasteiger partial charge in [0, 0.05) is 33.4 Å². The van der Waals surface area contributed by atoms with Crippen LogP contribution in [0.15, 0.2) is 218 Å². The lowest BCUT2D eigenvalue weighted by Gasteiger charge is -2.15. The van der Waals surface area contributed by atoms with Gasteiger partial charge in [0.1, 0.15) is 0 Å². The van der Waals surface area contributed by atoms with Crippen LogP contribution in [0.2, 0.25) is 0 Å². The maximum atomic E-state index is 5.41. The van der Waals surface area contributed by atoms with Gasteiger partial charge in [-0.1, -0.05) is 206 Å². The zero-order valence-electron chi connectivity index (χ0n) is 33.6. The Labute approximate surface area is 358 Å². The van der Waals surface area contributed by atoms with E-state index in [4.69, 9.17) is 19.9 Å². The SMILES string of the molecule is c1ccc2c(-c3cc(-c4cccc5c(-c6cc(-c7cccc8ccccc78)nc(-c7cccc8ccccc78)n6)cccc45)nc(-c4cccc5ccccc45)n3)cccc2c1. The van der Waals surface area contributed by atoms with Gasteiger partial charge in [-0.25, -0.2) is 19.9 Å². The molecule has 0 unspecified atom stereocenters. The minimum absolute atomic E-state index is 0.686. The van der Waals surface area contributed by atoms with E-state index in [0.717, 1.165) is 99.2 Å². The Kier molecular flexibility index (Phi) is 8.46. The van der Waals surface area contributed by atoms with Crippen LogP contribution in [0.1, 0.15) is 0 Å². The summed E-state index contributed by atoms with van der Waals surface area (Å²) in [5.41, 5.74) is 9.61. The van der Waals surface area contributed by atoms with E-state index < -0.39 is 0 Å². The van der Waals surface area contributed by atoms with Crippen LogP contribution in [0.3, 0.4) is 0 Å². The van der Waals surface area contributed by atoms with E-state index in [9.17, 15) is 0 Å². The molecule has 0 aliphatic heterocycles. The summed E-state index contributed by atoms with van der Waals surface area (Å²) in [7, 11) is 0. The number of hydrogen-bond donors (Lipinski definition) is 0. The molecular formula is C58H36N4. The Morgan fingerprint density at radius 2 is 0.419 bits per heavy atom. The van der Waals surface area contributed by atoms with Crippen LogP contribution < -0.4 is 0 Å². The first kappa shape index (κ1) is 35.6. The molecule has 12 aromatic rings. The zero-order valence-corrected chi connectivity index (χ0v) is 33.6. The summed E-state index contributed by atoms with van der Waals surface area (Å²) in [6.07, 6.45) is 0. The first-order chi connectivity index (χ1) is 30.7. The van der Waals surface area contributed by atoms with Crippen LogP contribution in [0.5, 0.6) is 0 Å². The van der Waals surface area contributed by atoms with Gasteiger partial charge < -0.3 is 0 Å². The highest BCUT2D eigenvalue weighted by Gasteiger charge is 2.19. The summed E-state index contributed by atoms with van der Waals surface area (Å²) in [6.45, 7) is 0. The van der Waals surface area contributed by atoms with Crippen molar-refractivity contribution in [3.63, 3.8) is 0 Å². The van der Waals surface area contributed by atoms with E-state index in [1.165, 1.54) is 10.8 Å². The summed E-state index contributed by atoms with van der Waals surface area (Å²) in [6, 6.07) is 76.9. The average Bonchev–Trinajstić information content (AvgIpc) is 3.35. The molecule has 2 aromatic heterocycles. The smallest absolute Gasteiger partial charge is 0.161 e. The highest BCUT2D eigenvalue weighted by atomic mass is 14.9. The van der Waals surface area contributed by atoms with Crippen molar-refractivity contribution < 1.29 is 0 Å². The molecule has 62 heavy (non-hydrogen) atoms. The third-order valence-corrected chi connectivity index (χ3v) is 12.1. The van der Waals surface area contributed by atoms with E-state index >= 15 is 0 Å². The predicted octanol–water partition coefficient (Wildman–Crippen LogP) is 15.0. The highest BCUT2D eigenvalue weighted by Crippen LogP contribution is 2.40. The topological polar surface area (TPSA) is 51.6 Å². The molecule has 0 spiro atoms. The standard InChI is InChI=1S/C58H36N4/c1-5-23-41-37(15-1)19-9-29-47(41)53-35-55(61-57(59-53)51-33-11-21-39-17-3-7-25-43(39)51)49-31-13-28-46-45(49)27-14-32-50(46)56-36-54(48-30-10-20-38-16-2-6-24-42(38)48)60-58(62-56)52-34-12-22-40-18-4-8-26-44(40)52/h1-36H. The van der Waals surface area contributed by atoms with Gasteiger partial charge in [0.2, 0.25) is 0 Å². The van der Waals surface area contributed by atoms with Gasteiger partial charge in [0.25, 0.3) is 0 Å². The third kappa shape index (κ3) is 6.08. The Hall–Kier alpha value is -8.34. The predicted molar refractivity (Wildman–Crippen MR) is 258 cm³/mol. The van der Waals surface area contributed by atoms with Crippen molar-refractivity contribution in [2.75, 3.05) is 0 Å². The molecule has 0 aliphatic carbocycles. The molecule has 4 nitrogen and oxygen atoms in total. The molecule has 0 saturated carbocycles. The number of rotatable bonds is 6. The molecule has 12 rings (SSSR count). The van der Waals surface area contributed by atoms with Gasteiger partial charge in [-0.3, -0.25) is 0 Å². The monoisotopic (exact) mass is 788 g/mol. The van der Waals surface area contributed by atoms with Crippen LogP contribution in [0.25, 0.3) is 122 Å². The number of nitrogens with zero attached hydrogens (tertiary/aromatic N) is 4. The summed E-state index contributed by atoms with van der Waals surface area (Å²) < 4.78 is 0. The van der Waals surface area contributed by atoms with Crippen molar-refractivity contribution in [2.24, 2.45) is 0 Å². The largest absolute Gasteiger partial charge is 0.228 e. The first-order valence-electron chi connectivity index (χ1n) is 21.0. The van der Waals surface area contributed by atoms with Crippen LogP contribution in [-0.2, 0) is 0 Å². The van der Waals surface area contributed by atoms with Gasteiger partial charge in [0.15, 0.2) is 11.6 Å². The number of fused-ring (bicyclic) bond motifs is 5. The summed E-state index contributed by atoms with van der Waals surface area (Å²) in [5, 5.41) is 11.3. The zero-order chi connectivity index (χ0) is 41.0. The fourth-order valence-electron chi connectivity index (χ4n) is 9.18. The third-order valence-electron chi connectivity index (χ3n) is 12.1. The Morgan fingerprint density at radius 3 is 0.758 bits per heavy atom. The average molecular weight is 789 g/mol. The molecule has 10 aromatic carbocycles. The van der Waals surface area contributed by atoms with Gasteiger partial charge >= 0.3 is 0 Å². The van der Waals surface area contributed by atoms with Gasteiger partial charge in [-0.15, -0.1) is 0 Å². The lowest BCUT2D eigenvalue weighted by molar-refractivity contribution is 1.19. The maximum absolute atomic E-state index is 5.41. The minimum atomic E-state index is 0.686. The molecule has 0 amide bonds. The Balaban J connectivity index is 1.09. The molecule has 2 heterocycles. The Bertz CT molecular complexity index is 3260. The van der Waals surface area contributed by atoms with Crippen molar-refractivity contribution in [3.8, 4) is 67.8 Å². The van der Waals surface area contributed by atoms with E-state index in [1.54, 1.807) is 0 Å². The molecule has 0 saturated heterocycles. The van der Waals surface area contributed by atoms with Crippen molar-refractivity contribution in [1.29, 1.82) is 0 Å². The molecule has 0 fully saturated rings. The lowest BCUT2D eigenvalue weighted by Crippen LogP contribution is -1.98. The van der Waals surface area contributed by atoms with Gasteiger partial charge in [-0.2, -0.15) is 0 Å². The van der Waals surface area contributed by atoms with Crippen LogP contribution in [0, 0.1) is 0 Å². The van der Waals surface area contributed by atoms with Crippen molar-refractivity contribution in [1.82, 2.24) is 19.9 Å². The van der Waals surface area contributed by atoms with Gasteiger partial charge in [0.05, 0.1) is 22.8 Å². The summed E-state index contributed by atoms with van der Waals surface area (Å²) in [5.74, 6) is 1.37. The quantitative estimate of drug-likeness (QED) is 0.168. The van der Waals surface area contributed by atoms with Crippen molar-refractivity contribution >= 4 is 53.9 Å². The minimum Gasteiger partial charge on any atom is -0.228 e. The van der Waals surface area contributed by atoms with Gasteiger partial charge in [-0.05, 0) is 66.0 Å². The molecule has 288 valence electrons. The number of hydrogen-bond acceptors (Lipinski definition) is 4. The van der Waals surface area contributed by atoms with E-state index in [2.05, 4.69) is 218 Å². The first-order valence-corrected chi connectivity index (χ1v) is 21.0. The normalized spacial score (nSPS) is 11.5. The molecule has 4 heteroatoms. The lowest BCUT2D eigenvalue weighted by atomic mass is 9.94.